The molecule has 1 aromatic carbocycles. The molecule has 6 heteroatoms. The molecule has 6 nitrogen and oxygen atoms in total. The van der Waals surface area contributed by atoms with Crippen molar-refractivity contribution in [2.45, 2.75) is 44.2 Å². The zero-order valence-corrected chi connectivity index (χ0v) is 14.6. The highest BCUT2D eigenvalue weighted by Gasteiger charge is 2.37. The third-order valence-corrected chi connectivity index (χ3v) is 5.68. The number of imidazole rings is 1. The monoisotopic (exact) mass is 341 g/mol. The normalized spacial score (nSPS) is 23.3. The van der Waals surface area contributed by atoms with Crippen LogP contribution in [0.1, 0.15) is 37.9 Å². The van der Waals surface area contributed by atoms with Crippen molar-refractivity contribution in [2.75, 3.05) is 19.6 Å². The molecule has 1 unspecified atom stereocenters. The summed E-state index contributed by atoms with van der Waals surface area (Å²) in [5.41, 5.74) is 7.71. The molecule has 0 bridgehead atoms. The Morgan fingerprint density at radius 2 is 2.16 bits per heavy atom. The van der Waals surface area contributed by atoms with Gasteiger partial charge < -0.3 is 16.0 Å². The van der Waals surface area contributed by atoms with Gasteiger partial charge in [-0.1, -0.05) is 25.0 Å². The SMILES string of the molecule is NC1(C(=O)NCC2CCN(Cc3nc4ccccc4[nH]3)C2)CCCC1. The van der Waals surface area contributed by atoms with Crippen molar-refractivity contribution in [3.63, 3.8) is 0 Å². The van der Waals surface area contributed by atoms with Crippen LogP contribution >= 0.6 is 0 Å². The van der Waals surface area contributed by atoms with Gasteiger partial charge >= 0.3 is 0 Å². The van der Waals surface area contributed by atoms with Crippen LogP contribution in [0.2, 0.25) is 0 Å². The van der Waals surface area contributed by atoms with Crippen LogP contribution in [-0.2, 0) is 11.3 Å². The molecule has 134 valence electrons. The van der Waals surface area contributed by atoms with Crippen LogP contribution in [-0.4, -0.2) is 45.9 Å². The van der Waals surface area contributed by atoms with Crippen LogP contribution in [0.25, 0.3) is 11.0 Å². The van der Waals surface area contributed by atoms with Gasteiger partial charge in [-0.2, -0.15) is 0 Å². The number of hydrogen-bond acceptors (Lipinski definition) is 4. The minimum Gasteiger partial charge on any atom is -0.354 e. The molecule has 1 aliphatic heterocycles. The van der Waals surface area contributed by atoms with Crippen molar-refractivity contribution in [3.8, 4) is 0 Å². The summed E-state index contributed by atoms with van der Waals surface area (Å²) >= 11 is 0. The average Bonchev–Trinajstić information content (AvgIpc) is 3.32. The Kier molecular flexibility index (Phi) is 4.48. The molecule has 2 fully saturated rings. The summed E-state index contributed by atoms with van der Waals surface area (Å²) in [7, 11) is 0. The number of likely N-dealkylation sites (tertiary alicyclic amines) is 1. The predicted octanol–water partition coefficient (Wildman–Crippen LogP) is 1.77. The van der Waals surface area contributed by atoms with Crippen LogP contribution in [0.5, 0.6) is 0 Å². The van der Waals surface area contributed by atoms with E-state index in [4.69, 9.17) is 5.73 Å². The first kappa shape index (κ1) is 16.5. The summed E-state index contributed by atoms with van der Waals surface area (Å²) < 4.78 is 0. The van der Waals surface area contributed by atoms with Gasteiger partial charge in [0.25, 0.3) is 0 Å². The van der Waals surface area contributed by atoms with Gasteiger partial charge in [-0.3, -0.25) is 9.69 Å². The second-order valence-electron chi connectivity index (χ2n) is 7.66. The number of hydrogen-bond donors (Lipinski definition) is 3. The van der Waals surface area contributed by atoms with E-state index in [1.807, 2.05) is 18.2 Å². The fourth-order valence-electron chi connectivity index (χ4n) is 4.16. The number of H-pyrrole nitrogens is 1. The number of nitrogens with zero attached hydrogens (tertiary/aromatic N) is 2. The summed E-state index contributed by atoms with van der Waals surface area (Å²) in [5, 5.41) is 3.10. The molecular weight excluding hydrogens is 314 g/mol. The van der Waals surface area contributed by atoms with Gasteiger partial charge in [0.15, 0.2) is 0 Å². The molecule has 0 radical (unpaired) electrons. The molecule has 4 rings (SSSR count). The Hall–Kier alpha value is -1.92. The topological polar surface area (TPSA) is 87.0 Å². The van der Waals surface area contributed by atoms with Crippen LogP contribution in [0.15, 0.2) is 24.3 Å². The first-order valence-electron chi connectivity index (χ1n) is 9.36. The van der Waals surface area contributed by atoms with E-state index in [-0.39, 0.29) is 5.91 Å². The zero-order chi connectivity index (χ0) is 17.3. The van der Waals surface area contributed by atoms with Gasteiger partial charge in [-0.05, 0) is 43.9 Å². The van der Waals surface area contributed by atoms with Crippen LogP contribution < -0.4 is 11.1 Å². The zero-order valence-electron chi connectivity index (χ0n) is 14.6. The predicted molar refractivity (Wildman–Crippen MR) is 97.9 cm³/mol. The maximum atomic E-state index is 12.3. The second-order valence-corrected chi connectivity index (χ2v) is 7.66. The Morgan fingerprint density at radius 3 is 2.96 bits per heavy atom. The Balaban J connectivity index is 1.27. The minimum atomic E-state index is -0.618. The molecule has 2 aromatic rings. The number of nitrogens with two attached hydrogens (primary N) is 1. The minimum absolute atomic E-state index is 0.0423. The maximum Gasteiger partial charge on any atom is 0.240 e. The second kappa shape index (κ2) is 6.77. The molecule has 4 N–H and O–H groups in total. The molecule has 1 amide bonds. The fraction of sp³-hybridized carbons (Fsp3) is 0.579. The number of amides is 1. The molecule has 0 spiro atoms. The quantitative estimate of drug-likeness (QED) is 0.773. The lowest BCUT2D eigenvalue weighted by molar-refractivity contribution is -0.126. The summed E-state index contributed by atoms with van der Waals surface area (Å²) in [6.07, 6.45) is 4.89. The van der Waals surface area contributed by atoms with Crippen molar-refractivity contribution >= 4 is 16.9 Å². The molecular formula is C19H27N5O. The highest BCUT2D eigenvalue weighted by molar-refractivity contribution is 5.86. The number of aromatic amines is 1. The molecule has 1 saturated heterocycles. The van der Waals surface area contributed by atoms with Crippen LogP contribution in [0, 0.1) is 5.92 Å². The third kappa shape index (κ3) is 3.55. The van der Waals surface area contributed by atoms with Crippen molar-refractivity contribution in [2.24, 2.45) is 11.7 Å². The fourth-order valence-corrected chi connectivity index (χ4v) is 4.16. The number of carbonyl (C=O) groups excluding carboxylic acids is 1. The van der Waals surface area contributed by atoms with Crippen molar-refractivity contribution in [1.82, 2.24) is 20.2 Å². The largest absolute Gasteiger partial charge is 0.354 e. The van der Waals surface area contributed by atoms with E-state index >= 15 is 0 Å². The van der Waals surface area contributed by atoms with E-state index in [1.54, 1.807) is 0 Å². The molecule has 1 aromatic heterocycles. The molecule has 25 heavy (non-hydrogen) atoms. The lowest BCUT2D eigenvalue weighted by atomic mass is 9.97. The summed E-state index contributed by atoms with van der Waals surface area (Å²) in [4.78, 5) is 22.8. The van der Waals surface area contributed by atoms with Gasteiger partial charge in [-0.15, -0.1) is 0 Å². The molecule has 1 atom stereocenters. The van der Waals surface area contributed by atoms with E-state index in [9.17, 15) is 4.79 Å². The standard InChI is InChI=1S/C19H27N5O/c20-19(8-3-4-9-19)18(25)21-11-14-7-10-24(12-14)13-17-22-15-5-1-2-6-16(15)23-17/h1-2,5-6,14H,3-4,7-13,20H2,(H,21,25)(H,22,23). The van der Waals surface area contributed by atoms with E-state index < -0.39 is 5.54 Å². The van der Waals surface area contributed by atoms with E-state index in [1.165, 1.54) is 0 Å². The number of fused-ring (bicyclic) bond motifs is 1. The first-order chi connectivity index (χ1) is 12.1. The highest BCUT2D eigenvalue weighted by Crippen LogP contribution is 2.27. The summed E-state index contributed by atoms with van der Waals surface area (Å²) in [6.45, 7) is 3.61. The Morgan fingerprint density at radius 1 is 1.36 bits per heavy atom. The van der Waals surface area contributed by atoms with Gasteiger partial charge in [0.1, 0.15) is 5.82 Å². The Bertz CT molecular complexity index is 716. The Labute approximate surface area is 148 Å². The van der Waals surface area contributed by atoms with E-state index in [0.717, 1.165) is 75.1 Å². The lowest BCUT2D eigenvalue weighted by Gasteiger charge is -2.23. The van der Waals surface area contributed by atoms with Crippen molar-refractivity contribution in [1.29, 1.82) is 0 Å². The number of rotatable bonds is 5. The highest BCUT2D eigenvalue weighted by atomic mass is 16.2. The van der Waals surface area contributed by atoms with Gasteiger partial charge in [0, 0.05) is 13.1 Å². The van der Waals surface area contributed by atoms with Crippen molar-refractivity contribution < 1.29 is 4.79 Å². The van der Waals surface area contributed by atoms with Gasteiger partial charge in [-0.25, -0.2) is 4.98 Å². The third-order valence-electron chi connectivity index (χ3n) is 5.68. The number of nitrogens with one attached hydrogen (secondary N) is 2. The maximum absolute atomic E-state index is 12.3. The van der Waals surface area contributed by atoms with Crippen LogP contribution in [0.4, 0.5) is 0 Å². The van der Waals surface area contributed by atoms with Gasteiger partial charge in [0.05, 0.1) is 23.1 Å². The number of para-hydroxylation sites is 2. The average molecular weight is 341 g/mol. The van der Waals surface area contributed by atoms with E-state index in [0.29, 0.717) is 5.92 Å². The number of benzene rings is 1. The number of carbonyl (C=O) groups is 1. The smallest absolute Gasteiger partial charge is 0.240 e. The van der Waals surface area contributed by atoms with Gasteiger partial charge in [0.2, 0.25) is 5.91 Å². The lowest BCUT2D eigenvalue weighted by Crippen LogP contribution is -2.52. The summed E-state index contributed by atoms with van der Waals surface area (Å²) in [5.74, 6) is 1.55. The molecule has 1 saturated carbocycles. The molecule has 2 aliphatic rings. The number of aromatic nitrogens is 2. The molecule has 2 heterocycles. The van der Waals surface area contributed by atoms with Crippen molar-refractivity contribution in [3.05, 3.63) is 30.1 Å². The first-order valence-corrected chi connectivity index (χ1v) is 9.36. The summed E-state index contributed by atoms with van der Waals surface area (Å²) in [6, 6.07) is 8.12. The molecule has 1 aliphatic carbocycles. The van der Waals surface area contributed by atoms with E-state index in [2.05, 4.69) is 26.3 Å². The van der Waals surface area contributed by atoms with Crippen LogP contribution in [0.3, 0.4) is 0 Å².